The van der Waals surface area contributed by atoms with Crippen molar-refractivity contribution < 1.29 is 9.90 Å². The molecule has 0 aromatic heterocycles. The van der Waals surface area contributed by atoms with Crippen molar-refractivity contribution in [1.82, 2.24) is 0 Å². The summed E-state index contributed by atoms with van der Waals surface area (Å²) in [5, 5.41) is 9.64. The van der Waals surface area contributed by atoms with E-state index in [1.807, 2.05) is 36.4 Å². The predicted molar refractivity (Wildman–Crippen MR) is 83.6 cm³/mol. The third-order valence-corrected chi connectivity index (χ3v) is 4.08. The molecule has 1 heterocycles. The average Bonchev–Trinajstić information content (AvgIpc) is 2.92. The van der Waals surface area contributed by atoms with Crippen molar-refractivity contribution in [3.8, 4) is 0 Å². The lowest BCUT2D eigenvalue weighted by Crippen LogP contribution is -2.40. The summed E-state index contributed by atoms with van der Waals surface area (Å²) >= 11 is 0. The SMILES string of the molecule is CCc1ccc2c(c1)CC(CO)N2C(=O)c1ccccc1. The molecule has 1 N–H and O–H groups in total. The van der Waals surface area contributed by atoms with Gasteiger partial charge in [-0.3, -0.25) is 4.79 Å². The molecule has 0 fully saturated rings. The van der Waals surface area contributed by atoms with Gasteiger partial charge in [-0.2, -0.15) is 0 Å². The first-order valence-electron chi connectivity index (χ1n) is 7.36. The maximum absolute atomic E-state index is 12.7. The van der Waals surface area contributed by atoms with Crippen LogP contribution in [0, 0.1) is 0 Å². The van der Waals surface area contributed by atoms with Crippen LogP contribution in [0.4, 0.5) is 5.69 Å². The van der Waals surface area contributed by atoms with Crippen LogP contribution in [-0.2, 0) is 12.8 Å². The minimum atomic E-state index is -0.167. The van der Waals surface area contributed by atoms with E-state index in [0.29, 0.717) is 5.56 Å². The topological polar surface area (TPSA) is 40.5 Å². The first kappa shape index (κ1) is 13.8. The van der Waals surface area contributed by atoms with Gasteiger partial charge in [0, 0.05) is 11.3 Å². The summed E-state index contributed by atoms with van der Waals surface area (Å²) in [6.07, 6.45) is 1.70. The van der Waals surface area contributed by atoms with Crippen LogP contribution in [0.3, 0.4) is 0 Å². The highest BCUT2D eigenvalue weighted by molar-refractivity contribution is 6.07. The maximum Gasteiger partial charge on any atom is 0.258 e. The summed E-state index contributed by atoms with van der Waals surface area (Å²) in [5.74, 6) is -0.0438. The van der Waals surface area contributed by atoms with Crippen LogP contribution in [0.2, 0.25) is 0 Å². The lowest BCUT2D eigenvalue weighted by molar-refractivity contribution is 0.0968. The van der Waals surface area contributed by atoms with Gasteiger partial charge in [0.25, 0.3) is 5.91 Å². The number of aliphatic hydroxyl groups is 1. The Hall–Kier alpha value is -2.13. The molecule has 108 valence electrons. The second-order valence-electron chi connectivity index (χ2n) is 5.40. The molecule has 0 radical (unpaired) electrons. The summed E-state index contributed by atoms with van der Waals surface area (Å²) in [7, 11) is 0. The maximum atomic E-state index is 12.7. The van der Waals surface area contributed by atoms with Gasteiger partial charge in [-0.15, -0.1) is 0 Å². The molecule has 3 rings (SSSR count). The number of fused-ring (bicyclic) bond motifs is 1. The molecule has 21 heavy (non-hydrogen) atoms. The standard InChI is InChI=1S/C18H19NO2/c1-2-13-8-9-17-15(10-13)11-16(12-20)19(17)18(21)14-6-4-3-5-7-14/h3-10,16,20H,2,11-12H2,1H3. The molecule has 1 aliphatic rings. The van der Waals surface area contributed by atoms with Crippen LogP contribution in [-0.4, -0.2) is 23.7 Å². The van der Waals surface area contributed by atoms with Gasteiger partial charge in [0.1, 0.15) is 0 Å². The first-order valence-corrected chi connectivity index (χ1v) is 7.36. The summed E-state index contributed by atoms with van der Waals surface area (Å²) in [6, 6.07) is 15.3. The smallest absolute Gasteiger partial charge is 0.258 e. The molecule has 2 aromatic rings. The summed E-state index contributed by atoms with van der Waals surface area (Å²) in [6.45, 7) is 2.10. The number of carbonyl (C=O) groups excluding carboxylic acids is 1. The molecule has 3 heteroatoms. The largest absolute Gasteiger partial charge is 0.394 e. The molecule has 1 aliphatic heterocycles. The molecule has 0 saturated carbocycles. The number of aryl methyl sites for hydroxylation is 1. The van der Waals surface area contributed by atoms with Crippen molar-refractivity contribution >= 4 is 11.6 Å². The van der Waals surface area contributed by atoms with Crippen molar-refractivity contribution in [3.63, 3.8) is 0 Å². The Labute approximate surface area is 124 Å². The van der Waals surface area contributed by atoms with E-state index in [0.717, 1.165) is 24.1 Å². The number of anilines is 1. The van der Waals surface area contributed by atoms with Gasteiger partial charge in [0.2, 0.25) is 0 Å². The Bertz CT molecular complexity index is 652. The molecule has 0 aliphatic carbocycles. The van der Waals surface area contributed by atoms with Crippen molar-refractivity contribution in [1.29, 1.82) is 0 Å². The molecule has 0 saturated heterocycles. The van der Waals surface area contributed by atoms with E-state index in [9.17, 15) is 9.90 Å². The molecule has 1 atom stereocenters. The van der Waals surface area contributed by atoms with Crippen molar-refractivity contribution in [2.45, 2.75) is 25.8 Å². The van der Waals surface area contributed by atoms with Crippen LogP contribution in [0.1, 0.15) is 28.4 Å². The van der Waals surface area contributed by atoms with Gasteiger partial charge in [-0.25, -0.2) is 0 Å². The van der Waals surface area contributed by atoms with E-state index in [-0.39, 0.29) is 18.6 Å². The van der Waals surface area contributed by atoms with Gasteiger partial charge < -0.3 is 10.0 Å². The average molecular weight is 281 g/mol. The van der Waals surface area contributed by atoms with Gasteiger partial charge in [-0.1, -0.05) is 37.3 Å². The number of hydrogen-bond donors (Lipinski definition) is 1. The zero-order chi connectivity index (χ0) is 14.8. The molecule has 3 nitrogen and oxygen atoms in total. The number of amides is 1. The van der Waals surface area contributed by atoms with Crippen LogP contribution in [0.25, 0.3) is 0 Å². The van der Waals surface area contributed by atoms with Gasteiger partial charge in [-0.05, 0) is 42.2 Å². The Morgan fingerprint density at radius 3 is 2.67 bits per heavy atom. The summed E-state index contributed by atoms with van der Waals surface area (Å²) in [4.78, 5) is 14.5. The minimum absolute atomic E-state index is 0.0191. The number of aliphatic hydroxyl groups excluding tert-OH is 1. The van der Waals surface area contributed by atoms with E-state index in [1.54, 1.807) is 4.90 Å². The Morgan fingerprint density at radius 2 is 2.00 bits per heavy atom. The van der Waals surface area contributed by atoms with Crippen LogP contribution in [0.15, 0.2) is 48.5 Å². The van der Waals surface area contributed by atoms with Crippen LogP contribution < -0.4 is 4.90 Å². The Kier molecular flexibility index (Phi) is 3.76. The highest BCUT2D eigenvalue weighted by atomic mass is 16.3. The second kappa shape index (κ2) is 5.70. The molecule has 1 amide bonds. The summed E-state index contributed by atoms with van der Waals surface area (Å²) < 4.78 is 0. The fourth-order valence-electron chi connectivity index (χ4n) is 2.94. The number of rotatable bonds is 3. The number of benzene rings is 2. The first-order chi connectivity index (χ1) is 10.2. The van der Waals surface area contributed by atoms with Crippen LogP contribution in [0.5, 0.6) is 0 Å². The van der Waals surface area contributed by atoms with Crippen molar-refractivity contribution in [2.24, 2.45) is 0 Å². The molecular formula is C18H19NO2. The van der Waals surface area contributed by atoms with Crippen LogP contribution >= 0.6 is 0 Å². The molecule has 1 unspecified atom stereocenters. The van der Waals surface area contributed by atoms with Gasteiger partial charge >= 0.3 is 0 Å². The fourth-order valence-corrected chi connectivity index (χ4v) is 2.94. The number of carbonyl (C=O) groups is 1. The number of hydrogen-bond acceptors (Lipinski definition) is 2. The third-order valence-electron chi connectivity index (χ3n) is 4.08. The van der Waals surface area contributed by atoms with E-state index >= 15 is 0 Å². The quantitative estimate of drug-likeness (QED) is 0.940. The molecular weight excluding hydrogens is 262 g/mol. The zero-order valence-corrected chi connectivity index (χ0v) is 12.1. The normalized spacial score (nSPS) is 16.9. The lowest BCUT2D eigenvalue weighted by Gasteiger charge is -2.24. The zero-order valence-electron chi connectivity index (χ0n) is 12.1. The fraction of sp³-hybridized carbons (Fsp3) is 0.278. The Morgan fingerprint density at radius 1 is 1.24 bits per heavy atom. The third kappa shape index (κ3) is 2.45. The van der Waals surface area contributed by atoms with E-state index < -0.39 is 0 Å². The number of nitrogens with zero attached hydrogens (tertiary/aromatic N) is 1. The highest BCUT2D eigenvalue weighted by Gasteiger charge is 2.33. The minimum Gasteiger partial charge on any atom is -0.394 e. The highest BCUT2D eigenvalue weighted by Crippen LogP contribution is 2.34. The molecule has 2 aromatic carbocycles. The van der Waals surface area contributed by atoms with E-state index in [1.165, 1.54) is 5.56 Å². The van der Waals surface area contributed by atoms with Crippen molar-refractivity contribution in [2.75, 3.05) is 11.5 Å². The summed E-state index contributed by atoms with van der Waals surface area (Å²) in [5.41, 5.74) is 4.00. The molecule has 0 spiro atoms. The lowest BCUT2D eigenvalue weighted by atomic mass is 10.1. The van der Waals surface area contributed by atoms with Gasteiger partial charge in [0.15, 0.2) is 0 Å². The second-order valence-corrected chi connectivity index (χ2v) is 5.40. The monoisotopic (exact) mass is 281 g/mol. The Balaban J connectivity index is 2.00. The van der Waals surface area contributed by atoms with E-state index in [4.69, 9.17) is 0 Å². The van der Waals surface area contributed by atoms with Crippen molar-refractivity contribution in [3.05, 3.63) is 65.2 Å². The predicted octanol–water partition coefficient (Wildman–Crippen LogP) is 2.81. The van der Waals surface area contributed by atoms with Gasteiger partial charge in [0.05, 0.1) is 12.6 Å². The van der Waals surface area contributed by atoms with E-state index in [2.05, 4.69) is 19.1 Å². The molecule has 0 bridgehead atoms.